The van der Waals surface area contributed by atoms with Gasteiger partial charge in [0.25, 0.3) is 0 Å². The molecule has 0 aliphatic carbocycles. The van der Waals surface area contributed by atoms with Gasteiger partial charge in [0.2, 0.25) is 11.8 Å². The molecule has 5 heteroatoms. The fraction of sp³-hybridized carbons (Fsp3) is 0.200. The van der Waals surface area contributed by atoms with Crippen LogP contribution in [-0.2, 0) is 9.59 Å². The third-order valence-corrected chi connectivity index (χ3v) is 4.38. The normalized spacial score (nSPS) is 10.6. The van der Waals surface area contributed by atoms with Crippen molar-refractivity contribution in [3.63, 3.8) is 0 Å². The van der Waals surface area contributed by atoms with Crippen LogP contribution < -0.4 is 10.6 Å². The molecule has 0 aliphatic heterocycles. The minimum absolute atomic E-state index is 0.0207. The molecule has 0 aromatic heterocycles. The zero-order valence-electron chi connectivity index (χ0n) is 14.2. The third kappa shape index (κ3) is 7.72. The predicted molar refractivity (Wildman–Crippen MR) is 103 cm³/mol. The number of hydrogen-bond acceptors (Lipinski definition) is 3. The molecular formula is C20H22N2O2S. The molecule has 130 valence electrons. The molecule has 0 saturated carbocycles. The highest BCUT2D eigenvalue weighted by Crippen LogP contribution is 2.17. The number of thioether (sulfide) groups is 1. The number of hydrogen-bond donors (Lipinski definition) is 2. The fourth-order valence-electron chi connectivity index (χ4n) is 2.02. The summed E-state index contributed by atoms with van der Waals surface area (Å²) in [5, 5.41) is 5.37. The van der Waals surface area contributed by atoms with Crippen molar-refractivity contribution in [1.82, 2.24) is 10.6 Å². The summed E-state index contributed by atoms with van der Waals surface area (Å²) >= 11 is 1.69. The number of carbonyl (C=O) groups excluding carboxylic acids is 2. The molecule has 2 N–H and O–H groups in total. The summed E-state index contributed by atoms with van der Waals surface area (Å²) in [5.41, 5.74) is 2.17. The van der Waals surface area contributed by atoms with E-state index in [-0.39, 0.29) is 18.4 Å². The average molecular weight is 354 g/mol. The summed E-state index contributed by atoms with van der Waals surface area (Å²) in [6.45, 7) is 2.60. The Balaban J connectivity index is 1.59. The Hall–Kier alpha value is -2.53. The van der Waals surface area contributed by atoms with E-state index in [0.717, 1.165) is 11.3 Å². The number of rotatable bonds is 8. The van der Waals surface area contributed by atoms with Crippen LogP contribution in [0.5, 0.6) is 0 Å². The van der Waals surface area contributed by atoms with Crippen molar-refractivity contribution < 1.29 is 9.59 Å². The number of aryl methyl sites for hydroxylation is 1. The predicted octanol–water partition coefficient (Wildman–Crippen LogP) is 3.03. The molecule has 0 saturated heterocycles. The number of nitrogens with one attached hydrogen (secondary N) is 2. The second-order valence-electron chi connectivity index (χ2n) is 5.47. The smallest absolute Gasteiger partial charge is 0.244 e. The number of carbonyl (C=O) groups is 2. The molecule has 0 radical (unpaired) electrons. The van der Waals surface area contributed by atoms with E-state index in [4.69, 9.17) is 0 Å². The van der Waals surface area contributed by atoms with E-state index in [1.54, 1.807) is 17.8 Å². The van der Waals surface area contributed by atoms with Gasteiger partial charge in [0, 0.05) is 23.3 Å². The van der Waals surface area contributed by atoms with Crippen LogP contribution in [-0.4, -0.2) is 30.7 Å². The third-order valence-electron chi connectivity index (χ3n) is 3.36. The first-order chi connectivity index (χ1) is 12.1. The van der Waals surface area contributed by atoms with Gasteiger partial charge in [-0.25, -0.2) is 0 Å². The summed E-state index contributed by atoms with van der Waals surface area (Å²) in [6, 6.07) is 17.8. The lowest BCUT2D eigenvalue weighted by Gasteiger charge is -2.06. The molecule has 0 atom stereocenters. The highest BCUT2D eigenvalue weighted by molar-refractivity contribution is 7.99. The van der Waals surface area contributed by atoms with Crippen molar-refractivity contribution in [1.29, 1.82) is 0 Å². The Morgan fingerprint density at radius 3 is 2.44 bits per heavy atom. The molecule has 4 nitrogen and oxygen atoms in total. The van der Waals surface area contributed by atoms with Gasteiger partial charge in [-0.15, -0.1) is 11.8 Å². The lowest BCUT2D eigenvalue weighted by atomic mass is 10.2. The Bertz CT molecular complexity index is 712. The van der Waals surface area contributed by atoms with Crippen molar-refractivity contribution >= 4 is 29.7 Å². The topological polar surface area (TPSA) is 58.2 Å². The van der Waals surface area contributed by atoms with E-state index in [2.05, 4.69) is 41.8 Å². The monoisotopic (exact) mass is 354 g/mol. The molecule has 0 fully saturated rings. The molecule has 0 bridgehead atoms. The van der Waals surface area contributed by atoms with Gasteiger partial charge < -0.3 is 10.6 Å². The molecule has 2 amide bonds. The van der Waals surface area contributed by atoms with Gasteiger partial charge in [-0.2, -0.15) is 0 Å². The summed E-state index contributed by atoms with van der Waals surface area (Å²) in [7, 11) is 0. The summed E-state index contributed by atoms with van der Waals surface area (Å²) in [5.74, 6) is 0.315. The molecule has 0 heterocycles. The molecule has 0 spiro atoms. The highest BCUT2D eigenvalue weighted by atomic mass is 32.2. The van der Waals surface area contributed by atoms with E-state index in [9.17, 15) is 9.59 Å². The average Bonchev–Trinajstić information content (AvgIpc) is 2.64. The Morgan fingerprint density at radius 2 is 1.72 bits per heavy atom. The van der Waals surface area contributed by atoms with Crippen LogP contribution >= 0.6 is 11.8 Å². The summed E-state index contributed by atoms with van der Waals surface area (Å²) in [6.07, 6.45) is 3.14. The fourth-order valence-corrected chi connectivity index (χ4v) is 2.79. The first kappa shape index (κ1) is 18.8. The van der Waals surface area contributed by atoms with Gasteiger partial charge in [-0.05, 0) is 30.7 Å². The van der Waals surface area contributed by atoms with Crippen LogP contribution in [0.15, 0.2) is 65.6 Å². The first-order valence-corrected chi connectivity index (χ1v) is 9.09. The molecule has 2 rings (SSSR count). The van der Waals surface area contributed by atoms with Gasteiger partial charge in [-0.3, -0.25) is 9.59 Å². The van der Waals surface area contributed by atoms with E-state index < -0.39 is 0 Å². The maximum Gasteiger partial charge on any atom is 0.244 e. The van der Waals surface area contributed by atoms with E-state index >= 15 is 0 Å². The Morgan fingerprint density at radius 1 is 1.00 bits per heavy atom. The maximum atomic E-state index is 11.7. The van der Waals surface area contributed by atoms with Crippen molar-refractivity contribution in [3.8, 4) is 0 Å². The lowest BCUT2D eigenvalue weighted by Crippen LogP contribution is -2.37. The van der Waals surface area contributed by atoms with Gasteiger partial charge in [0.15, 0.2) is 0 Å². The Kier molecular flexibility index (Phi) is 7.79. The van der Waals surface area contributed by atoms with E-state index in [0.29, 0.717) is 6.54 Å². The van der Waals surface area contributed by atoms with Crippen LogP contribution in [0, 0.1) is 6.92 Å². The zero-order chi connectivity index (χ0) is 17.9. The second-order valence-corrected chi connectivity index (χ2v) is 6.64. The van der Waals surface area contributed by atoms with Crippen molar-refractivity contribution in [2.24, 2.45) is 0 Å². The SMILES string of the molecule is Cc1ccc(SCCNC(=O)CNC(=O)C=Cc2ccccc2)cc1. The van der Waals surface area contributed by atoms with Crippen LogP contribution in [0.25, 0.3) is 6.08 Å². The molecule has 2 aromatic rings. The summed E-state index contributed by atoms with van der Waals surface area (Å²) in [4.78, 5) is 24.6. The van der Waals surface area contributed by atoms with Gasteiger partial charge in [0.05, 0.1) is 6.54 Å². The summed E-state index contributed by atoms with van der Waals surface area (Å²) < 4.78 is 0. The largest absolute Gasteiger partial charge is 0.354 e. The van der Waals surface area contributed by atoms with Crippen LogP contribution in [0.4, 0.5) is 0 Å². The van der Waals surface area contributed by atoms with Crippen molar-refractivity contribution in [2.75, 3.05) is 18.8 Å². The minimum Gasteiger partial charge on any atom is -0.354 e. The van der Waals surface area contributed by atoms with Crippen LogP contribution in [0.1, 0.15) is 11.1 Å². The molecule has 0 aliphatic rings. The van der Waals surface area contributed by atoms with Crippen molar-refractivity contribution in [3.05, 3.63) is 71.8 Å². The molecule has 25 heavy (non-hydrogen) atoms. The standard InChI is InChI=1S/C20H22N2O2S/c1-16-7-10-18(11-8-16)25-14-13-21-20(24)15-22-19(23)12-9-17-5-3-2-4-6-17/h2-12H,13-15H2,1H3,(H,21,24)(H,22,23). The van der Waals surface area contributed by atoms with Gasteiger partial charge in [0.1, 0.15) is 0 Å². The van der Waals surface area contributed by atoms with Crippen LogP contribution in [0.2, 0.25) is 0 Å². The van der Waals surface area contributed by atoms with Crippen LogP contribution in [0.3, 0.4) is 0 Å². The lowest BCUT2D eigenvalue weighted by molar-refractivity contribution is -0.123. The molecule has 2 aromatic carbocycles. The van der Waals surface area contributed by atoms with E-state index in [1.807, 2.05) is 30.3 Å². The molecule has 0 unspecified atom stereocenters. The van der Waals surface area contributed by atoms with E-state index in [1.165, 1.54) is 16.5 Å². The Labute approximate surface area is 152 Å². The van der Waals surface area contributed by atoms with Gasteiger partial charge >= 0.3 is 0 Å². The molecular weight excluding hydrogens is 332 g/mol. The highest BCUT2D eigenvalue weighted by Gasteiger charge is 2.02. The maximum absolute atomic E-state index is 11.7. The quantitative estimate of drug-likeness (QED) is 0.435. The zero-order valence-corrected chi connectivity index (χ0v) is 15.0. The number of amides is 2. The minimum atomic E-state index is -0.284. The van der Waals surface area contributed by atoms with Crippen molar-refractivity contribution in [2.45, 2.75) is 11.8 Å². The number of benzene rings is 2. The van der Waals surface area contributed by atoms with Gasteiger partial charge in [-0.1, -0.05) is 48.0 Å². The first-order valence-electron chi connectivity index (χ1n) is 8.10. The second kappa shape index (κ2) is 10.4.